The Labute approximate surface area is 64.7 Å². The standard InChI is InChI=1S/C8H9N3/c1-6-3-7-4-9-10-5-8(7)11(6)2/h3-5H,1-2H3. The number of aryl methyl sites for hydroxylation is 2. The third-order valence-corrected chi connectivity index (χ3v) is 1.99. The van der Waals surface area contributed by atoms with Gasteiger partial charge in [0.25, 0.3) is 0 Å². The number of hydrogen-bond donors (Lipinski definition) is 0. The molecule has 0 aliphatic rings. The van der Waals surface area contributed by atoms with Crippen molar-refractivity contribution in [3.8, 4) is 0 Å². The zero-order valence-electron chi connectivity index (χ0n) is 6.57. The Morgan fingerprint density at radius 3 is 2.73 bits per heavy atom. The van der Waals surface area contributed by atoms with Crippen molar-refractivity contribution < 1.29 is 0 Å². The lowest BCUT2D eigenvalue weighted by Crippen LogP contribution is -1.89. The zero-order valence-corrected chi connectivity index (χ0v) is 6.57. The van der Waals surface area contributed by atoms with Gasteiger partial charge in [0.2, 0.25) is 0 Å². The van der Waals surface area contributed by atoms with Crippen LogP contribution < -0.4 is 0 Å². The highest BCUT2D eigenvalue weighted by molar-refractivity contribution is 5.79. The van der Waals surface area contributed by atoms with Gasteiger partial charge in [0.1, 0.15) is 0 Å². The fourth-order valence-corrected chi connectivity index (χ4v) is 1.23. The van der Waals surface area contributed by atoms with Crippen molar-refractivity contribution in [2.75, 3.05) is 0 Å². The Balaban J connectivity index is 2.92. The molecule has 2 heterocycles. The first kappa shape index (κ1) is 6.34. The molecule has 0 aromatic carbocycles. The number of fused-ring (bicyclic) bond motifs is 1. The summed E-state index contributed by atoms with van der Waals surface area (Å²) in [5.74, 6) is 0. The van der Waals surface area contributed by atoms with Crippen molar-refractivity contribution in [2.45, 2.75) is 6.92 Å². The van der Waals surface area contributed by atoms with Crippen LogP contribution >= 0.6 is 0 Å². The van der Waals surface area contributed by atoms with Gasteiger partial charge in [-0.15, -0.1) is 0 Å². The lowest BCUT2D eigenvalue weighted by atomic mass is 10.3. The van der Waals surface area contributed by atoms with Crippen LogP contribution in [-0.4, -0.2) is 14.8 Å². The predicted molar refractivity (Wildman–Crippen MR) is 43.2 cm³/mol. The van der Waals surface area contributed by atoms with Crippen LogP contribution in [-0.2, 0) is 7.05 Å². The first-order chi connectivity index (χ1) is 5.29. The second-order valence-corrected chi connectivity index (χ2v) is 2.67. The Kier molecular flexibility index (Phi) is 1.18. The molecule has 0 bridgehead atoms. The van der Waals surface area contributed by atoms with E-state index in [0.717, 1.165) is 10.9 Å². The Bertz CT molecular complexity index is 389. The minimum Gasteiger partial charge on any atom is -0.347 e. The van der Waals surface area contributed by atoms with E-state index in [4.69, 9.17) is 0 Å². The van der Waals surface area contributed by atoms with E-state index in [1.165, 1.54) is 5.69 Å². The van der Waals surface area contributed by atoms with Crippen molar-refractivity contribution in [3.63, 3.8) is 0 Å². The monoisotopic (exact) mass is 147 g/mol. The topological polar surface area (TPSA) is 30.7 Å². The largest absolute Gasteiger partial charge is 0.347 e. The van der Waals surface area contributed by atoms with E-state index in [-0.39, 0.29) is 0 Å². The molecule has 0 radical (unpaired) electrons. The summed E-state index contributed by atoms with van der Waals surface area (Å²) < 4.78 is 2.10. The molecule has 0 fully saturated rings. The fourth-order valence-electron chi connectivity index (χ4n) is 1.23. The molecule has 3 nitrogen and oxygen atoms in total. The molecule has 2 aromatic rings. The molecular weight excluding hydrogens is 138 g/mol. The van der Waals surface area contributed by atoms with Crippen LogP contribution in [0.5, 0.6) is 0 Å². The maximum absolute atomic E-state index is 3.82. The van der Waals surface area contributed by atoms with Crippen molar-refractivity contribution in [2.24, 2.45) is 7.05 Å². The van der Waals surface area contributed by atoms with E-state index in [1.54, 1.807) is 12.4 Å². The van der Waals surface area contributed by atoms with Gasteiger partial charge < -0.3 is 4.57 Å². The van der Waals surface area contributed by atoms with Crippen LogP contribution in [0.1, 0.15) is 5.69 Å². The molecule has 2 aromatic heterocycles. The molecule has 56 valence electrons. The SMILES string of the molecule is Cc1cc2cnncc2n1C. The van der Waals surface area contributed by atoms with Gasteiger partial charge in [-0.2, -0.15) is 10.2 Å². The molecular formula is C8H9N3. The second kappa shape index (κ2) is 2.05. The summed E-state index contributed by atoms with van der Waals surface area (Å²) in [6.45, 7) is 2.07. The quantitative estimate of drug-likeness (QED) is 0.562. The average Bonchev–Trinajstić information content (AvgIpc) is 2.30. The van der Waals surface area contributed by atoms with E-state index in [0.29, 0.717) is 0 Å². The van der Waals surface area contributed by atoms with Crippen LogP contribution in [0.3, 0.4) is 0 Å². The molecule has 0 saturated carbocycles. The average molecular weight is 147 g/mol. The van der Waals surface area contributed by atoms with Gasteiger partial charge in [0, 0.05) is 18.1 Å². The third-order valence-electron chi connectivity index (χ3n) is 1.99. The lowest BCUT2D eigenvalue weighted by Gasteiger charge is -1.95. The molecule has 3 heteroatoms. The van der Waals surface area contributed by atoms with Gasteiger partial charge >= 0.3 is 0 Å². The lowest BCUT2D eigenvalue weighted by molar-refractivity contribution is 0.909. The maximum Gasteiger partial charge on any atom is 0.0739 e. The highest BCUT2D eigenvalue weighted by Gasteiger charge is 1.99. The van der Waals surface area contributed by atoms with Crippen LogP contribution in [0, 0.1) is 6.92 Å². The maximum atomic E-state index is 3.82. The molecule has 0 amide bonds. The summed E-state index contributed by atoms with van der Waals surface area (Å²) in [7, 11) is 2.03. The van der Waals surface area contributed by atoms with Gasteiger partial charge in [0.15, 0.2) is 0 Å². The number of rotatable bonds is 0. The van der Waals surface area contributed by atoms with Crippen LogP contribution in [0.25, 0.3) is 10.9 Å². The number of aromatic nitrogens is 3. The number of hydrogen-bond acceptors (Lipinski definition) is 2. The Morgan fingerprint density at radius 2 is 2.00 bits per heavy atom. The van der Waals surface area contributed by atoms with Gasteiger partial charge in [-0.05, 0) is 13.0 Å². The van der Waals surface area contributed by atoms with Crippen molar-refractivity contribution in [1.82, 2.24) is 14.8 Å². The normalized spacial score (nSPS) is 10.7. The Hall–Kier alpha value is -1.38. The summed E-state index contributed by atoms with van der Waals surface area (Å²) >= 11 is 0. The summed E-state index contributed by atoms with van der Waals surface area (Å²) in [6.07, 6.45) is 3.56. The van der Waals surface area contributed by atoms with Crippen molar-refractivity contribution in [1.29, 1.82) is 0 Å². The zero-order chi connectivity index (χ0) is 7.84. The molecule has 0 aliphatic carbocycles. The highest BCUT2D eigenvalue weighted by atomic mass is 15.1. The smallest absolute Gasteiger partial charge is 0.0739 e. The minimum atomic E-state index is 1.14. The molecule has 0 aliphatic heterocycles. The molecule has 0 atom stereocenters. The molecule has 0 spiro atoms. The van der Waals surface area contributed by atoms with Gasteiger partial charge in [-0.25, -0.2) is 0 Å². The van der Waals surface area contributed by atoms with E-state index in [2.05, 4.69) is 27.8 Å². The van der Waals surface area contributed by atoms with Crippen molar-refractivity contribution >= 4 is 10.9 Å². The summed E-state index contributed by atoms with van der Waals surface area (Å²) in [5, 5.41) is 8.77. The summed E-state index contributed by atoms with van der Waals surface area (Å²) in [4.78, 5) is 0. The van der Waals surface area contributed by atoms with Gasteiger partial charge in [-0.3, -0.25) is 0 Å². The summed E-state index contributed by atoms with van der Waals surface area (Å²) in [6, 6.07) is 2.10. The van der Waals surface area contributed by atoms with E-state index in [1.807, 2.05) is 7.05 Å². The molecule has 0 N–H and O–H groups in total. The van der Waals surface area contributed by atoms with E-state index >= 15 is 0 Å². The first-order valence-corrected chi connectivity index (χ1v) is 3.52. The second-order valence-electron chi connectivity index (χ2n) is 2.67. The fraction of sp³-hybridized carbons (Fsp3) is 0.250. The molecule has 2 rings (SSSR count). The van der Waals surface area contributed by atoms with Crippen LogP contribution in [0.15, 0.2) is 18.5 Å². The van der Waals surface area contributed by atoms with Crippen LogP contribution in [0.4, 0.5) is 0 Å². The highest BCUT2D eigenvalue weighted by Crippen LogP contribution is 2.14. The van der Waals surface area contributed by atoms with E-state index in [9.17, 15) is 0 Å². The van der Waals surface area contributed by atoms with Gasteiger partial charge in [-0.1, -0.05) is 0 Å². The minimum absolute atomic E-state index is 1.14. The van der Waals surface area contributed by atoms with Crippen molar-refractivity contribution in [3.05, 3.63) is 24.2 Å². The molecule has 0 saturated heterocycles. The number of nitrogens with zero attached hydrogens (tertiary/aromatic N) is 3. The van der Waals surface area contributed by atoms with E-state index < -0.39 is 0 Å². The molecule has 11 heavy (non-hydrogen) atoms. The van der Waals surface area contributed by atoms with Crippen LogP contribution in [0.2, 0.25) is 0 Å². The predicted octanol–water partition coefficient (Wildman–Crippen LogP) is 1.28. The molecule has 0 unspecified atom stereocenters. The van der Waals surface area contributed by atoms with Gasteiger partial charge in [0.05, 0.1) is 17.9 Å². The first-order valence-electron chi connectivity index (χ1n) is 3.52. The third kappa shape index (κ3) is 0.808. The summed E-state index contributed by atoms with van der Waals surface area (Å²) in [5.41, 5.74) is 2.37. The Morgan fingerprint density at radius 1 is 1.27 bits per heavy atom.